The zero-order chi connectivity index (χ0) is 14.6. The van der Waals surface area contributed by atoms with Crippen LogP contribution in [0.25, 0.3) is 6.08 Å². The van der Waals surface area contributed by atoms with Crippen LogP contribution in [-0.2, 0) is 4.99 Å². The van der Waals surface area contributed by atoms with Crippen molar-refractivity contribution in [2.45, 2.75) is 0 Å². The van der Waals surface area contributed by atoms with Crippen LogP contribution in [0.4, 0.5) is 0 Å². The molecule has 0 saturated heterocycles. The average Bonchev–Trinajstić information content (AvgIpc) is 2.52. The van der Waals surface area contributed by atoms with Gasteiger partial charge in [-0.2, -0.15) is 0 Å². The molecule has 0 radical (unpaired) electrons. The van der Waals surface area contributed by atoms with Gasteiger partial charge in [0.2, 0.25) is 0 Å². The van der Waals surface area contributed by atoms with Crippen LogP contribution in [0.3, 0.4) is 0 Å². The standard InChI is InChI=1S/C16H15N3O2/c1-2-4-6-10-14-17-18-19-21-20-16-13-9-8-12-15(16)11-7-5-3-1/h1-14H,(H,17,19)/b2-1-,5-3-,6-4-,11-7-,14-10+. The van der Waals surface area contributed by atoms with Gasteiger partial charge >= 0.3 is 0 Å². The molecule has 1 aliphatic rings. The third kappa shape index (κ3) is 5.71. The molecule has 0 bridgehead atoms. The normalized spacial score (nSPS) is 24.2. The molecule has 1 N–H and O–H groups in total. The van der Waals surface area contributed by atoms with Gasteiger partial charge in [0.1, 0.15) is 0 Å². The average molecular weight is 281 g/mol. The first-order chi connectivity index (χ1) is 10.5. The van der Waals surface area contributed by atoms with Crippen molar-refractivity contribution in [1.29, 1.82) is 0 Å². The minimum atomic E-state index is 0.571. The highest BCUT2D eigenvalue weighted by Crippen LogP contribution is 2.19. The van der Waals surface area contributed by atoms with E-state index in [1.165, 1.54) is 6.20 Å². The lowest BCUT2D eigenvalue weighted by atomic mass is 10.2. The molecular weight excluding hydrogens is 266 g/mol. The molecule has 0 saturated carbocycles. The highest BCUT2D eigenvalue weighted by Gasteiger charge is 1.99. The predicted molar refractivity (Wildman–Crippen MR) is 81.7 cm³/mol. The summed E-state index contributed by atoms with van der Waals surface area (Å²) in [6.07, 6.45) is 18.5. The highest BCUT2D eigenvalue weighted by molar-refractivity contribution is 5.58. The Morgan fingerprint density at radius 1 is 0.810 bits per heavy atom. The van der Waals surface area contributed by atoms with Crippen LogP contribution >= 0.6 is 0 Å². The zero-order valence-electron chi connectivity index (χ0n) is 11.3. The van der Waals surface area contributed by atoms with E-state index < -0.39 is 0 Å². The first-order valence-electron chi connectivity index (χ1n) is 6.37. The molecule has 0 aliphatic carbocycles. The van der Waals surface area contributed by atoms with Crippen molar-refractivity contribution >= 4 is 6.08 Å². The Balaban J connectivity index is 2.14. The molecule has 1 aromatic carbocycles. The molecule has 0 atom stereocenters. The molecule has 1 aromatic rings. The summed E-state index contributed by atoms with van der Waals surface area (Å²) in [5.74, 6) is 0.571. The summed E-state index contributed by atoms with van der Waals surface area (Å²) < 4.78 is 0. The van der Waals surface area contributed by atoms with Crippen molar-refractivity contribution < 1.29 is 9.88 Å². The second-order valence-corrected chi connectivity index (χ2v) is 3.87. The lowest BCUT2D eigenvalue weighted by molar-refractivity contribution is -0.259. The van der Waals surface area contributed by atoms with Crippen LogP contribution in [0.5, 0.6) is 5.75 Å². The third-order valence-electron chi connectivity index (χ3n) is 2.39. The fourth-order valence-electron chi connectivity index (χ4n) is 1.46. The molecular formula is C16H15N3O2. The van der Waals surface area contributed by atoms with Crippen LogP contribution in [-0.4, -0.2) is 0 Å². The first-order valence-corrected chi connectivity index (χ1v) is 6.37. The van der Waals surface area contributed by atoms with E-state index in [-0.39, 0.29) is 0 Å². The first kappa shape index (κ1) is 14.5. The molecule has 0 aromatic heterocycles. The van der Waals surface area contributed by atoms with Gasteiger partial charge in [0.15, 0.2) is 5.75 Å². The Morgan fingerprint density at radius 2 is 1.52 bits per heavy atom. The number of nitrogens with zero attached hydrogens (tertiary/aromatic N) is 2. The molecule has 5 nitrogen and oxygen atoms in total. The monoisotopic (exact) mass is 281 g/mol. The molecule has 2 rings (SSSR count). The summed E-state index contributed by atoms with van der Waals surface area (Å²) in [5, 5.41) is 7.25. The largest absolute Gasteiger partial charge is 0.312 e. The van der Waals surface area contributed by atoms with E-state index in [4.69, 9.17) is 9.88 Å². The van der Waals surface area contributed by atoms with Crippen molar-refractivity contribution in [3.8, 4) is 5.75 Å². The van der Waals surface area contributed by atoms with E-state index in [1.54, 1.807) is 12.1 Å². The van der Waals surface area contributed by atoms with Gasteiger partial charge < -0.3 is 4.89 Å². The smallest absolute Gasteiger partial charge is 0.175 e. The Bertz CT molecular complexity index is 614. The molecule has 0 fully saturated rings. The second kappa shape index (κ2) is 9.06. The summed E-state index contributed by atoms with van der Waals surface area (Å²) >= 11 is 0. The van der Waals surface area contributed by atoms with Crippen molar-refractivity contribution in [2.24, 2.45) is 10.3 Å². The maximum atomic E-state index is 5.12. The van der Waals surface area contributed by atoms with Gasteiger partial charge in [0.25, 0.3) is 0 Å². The van der Waals surface area contributed by atoms with Crippen LogP contribution in [0.2, 0.25) is 0 Å². The molecule has 5 heteroatoms. The summed E-state index contributed by atoms with van der Waals surface area (Å²) in [4.78, 5) is 9.88. The Kier molecular flexibility index (Phi) is 6.25. The van der Waals surface area contributed by atoms with Crippen molar-refractivity contribution in [3.63, 3.8) is 0 Å². The summed E-state index contributed by atoms with van der Waals surface area (Å²) in [5.41, 5.74) is 3.11. The molecule has 1 aliphatic heterocycles. The zero-order valence-corrected chi connectivity index (χ0v) is 11.3. The van der Waals surface area contributed by atoms with Gasteiger partial charge in [-0.25, -0.2) is 0 Å². The van der Waals surface area contributed by atoms with Gasteiger partial charge in [-0.1, -0.05) is 66.8 Å². The summed E-state index contributed by atoms with van der Waals surface area (Å²) in [6.45, 7) is 0. The summed E-state index contributed by atoms with van der Waals surface area (Å²) in [7, 11) is 0. The number of para-hydroxylation sites is 1. The van der Waals surface area contributed by atoms with E-state index in [9.17, 15) is 0 Å². The van der Waals surface area contributed by atoms with Crippen molar-refractivity contribution in [3.05, 3.63) is 84.6 Å². The number of hydrogen-bond donors (Lipinski definition) is 1. The predicted octanol–water partition coefficient (Wildman–Crippen LogP) is 4.08. The van der Waals surface area contributed by atoms with Crippen LogP contribution in [0, 0.1) is 0 Å². The van der Waals surface area contributed by atoms with Gasteiger partial charge in [0.05, 0.1) is 6.20 Å². The maximum Gasteiger partial charge on any atom is 0.175 e. The number of fused-ring (bicyclic) bond motifs is 1. The SMILES string of the molecule is C1=C\C=C/C=C/N=N\NOOc2ccccc2/C=C\C=C/1. The van der Waals surface area contributed by atoms with E-state index in [2.05, 4.69) is 15.9 Å². The van der Waals surface area contributed by atoms with E-state index in [0.29, 0.717) is 5.75 Å². The number of benzene rings is 1. The quantitative estimate of drug-likeness (QED) is 0.729. The third-order valence-corrected chi connectivity index (χ3v) is 2.39. The minimum Gasteiger partial charge on any atom is -0.312 e. The van der Waals surface area contributed by atoms with E-state index in [1.807, 2.05) is 66.8 Å². The lowest BCUT2D eigenvalue weighted by Crippen LogP contribution is -2.09. The van der Waals surface area contributed by atoms with Crippen LogP contribution in [0.15, 0.2) is 89.4 Å². The van der Waals surface area contributed by atoms with E-state index >= 15 is 0 Å². The second-order valence-electron chi connectivity index (χ2n) is 3.87. The molecule has 106 valence electrons. The number of allylic oxidation sites excluding steroid dienone is 8. The Hall–Kier alpha value is -2.92. The van der Waals surface area contributed by atoms with Crippen LogP contribution in [0.1, 0.15) is 5.56 Å². The highest BCUT2D eigenvalue weighted by atomic mass is 17.3. The molecule has 1 heterocycles. The molecule has 0 spiro atoms. The van der Waals surface area contributed by atoms with Gasteiger partial charge in [0, 0.05) is 5.56 Å². The fraction of sp³-hybridized carbons (Fsp3) is 0. The topological polar surface area (TPSA) is 55.2 Å². The minimum absolute atomic E-state index is 0.571. The number of hydrogen-bond acceptors (Lipinski definition) is 5. The molecule has 21 heavy (non-hydrogen) atoms. The number of nitrogens with one attached hydrogen (secondary N) is 1. The number of rotatable bonds is 0. The molecule has 0 unspecified atom stereocenters. The maximum absolute atomic E-state index is 5.12. The van der Waals surface area contributed by atoms with Gasteiger partial charge in [-0.05, 0) is 22.4 Å². The van der Waals surface area contributed by atoms with Gasteiger partial charge in [-0.3, -0.25) is 0 Å². The lowest BCUT2D eigenvalue weighted by Gasteiger charge is -2.04. The Morgan fingerprint density at radius 3 is 2.38 bits per heavy atom. The Labute approximate surface area is 123 Å². The van der Waals surface area contributed by atoms with Crippen molar-refractivity contribution in [1.82, 2.24) is 5.59 Å². The van der Waals surface area contributed by atoms with Crippen molar-refractivity contribution in [2.75, 3.05) is 0 Å². The fourth-order valence-corrected chi connectivity index (χ4v) is 1.46. The van der Waals surface area contributed by atoms with E-state index in [0.717, 1.165) is 5.56 Å². The van der Waals surface area contributed by atoms with Gasteiger partial charge in [-0.15, -0.1) is 10.7 Å². The summed E-state index contributed by atoms with van der Waals surface area (Å²) in [6, 6.07) is 7.48. The van der Waals surface area contributed by atoms with Crippen LogP contribution < -0.4 is 10.5 Å². The molecule has 0 amide bonds.